The molecule has 2 aliphatic rings. The normalized spacial score (nSPS) is 19.6. The van der Waals surface area contributed by atoms with Crippen LogP contribution in [0.15, 0.2) is 24.4 Å². The Kier molecular flexibility index (Phi) is 6.93. The van der Waals surface area contributed by atoms with Crippen LogP contribution in [0.4, 0.5) is 20.6 Å². The molecule has 0 saturated carbocycles. The molecule has 11 nitrogen and oxygen atoms in total. The van der Waals surface area contributed by atoms with E-state index in [4.69, 9.17) is 11.3 Å². The quantitative estimate of drug-likeness (QED) is 0.479. The van der Waals surface area contributed by atoms with Gasteiger partial charge in [0.1, 0.15) is 18.5 Å². The van der Waals surface area contributed by atoms with Crippen LogP contribution in [-0.4, -0.2) is 77.7 Å². The van der Waals surface area contributed by atoms with Crippen molar-refractivity contribution in [3.05, 3.63) is 47.3 Å². The second-order valence-electron chi connectivity index (χ2n) is 8.27. The van der Waals surface area contributed by atoms with Gasteiger partial charge in [0.25, 0.3) is 0 Å². The minimum Gasteiger partial charge on any atom is -0.464 e. The molecule has 2 atom stereocenters. The summed E-state index contributed by atoms with van der Waals surface area (Å²) in [7, 11) is 1.24. The van der Waals surface area contributed by atoms with Gasteiger partial charge in [0.15, 0.2) is 5.69 Å². The lowest BCUT2D eigenvalue weighted by Crippen LogP contribution is -2.38. The first kappa shape index (κ1) is 23.4. The van der Waals surface area contributed by atoms with Crippen molar-refractivity contribution in [3.8, 4) is 0 Å². The van der Waals surface area contributed by atoms with Gasteiger partial charge in [-0.1, -0.05) is 5.21 Å². The second-order valence-corrected chi connectivity index (χ2v) is 8.27. The van der Waals surface area contributed by atoms with Crippen LogP contribution in [0.1, 0.15) is 23.3 Å². The lowest BCUT2D eigenvalue weighted by Gasteiger charge is -2.33. The smallest absolute Gasteiger partial charge is 0.414 e. The van der Waals surface area contributed by atoms with Crippen LogP contribution >= 0.6 is 0 Å². The highest BCUT2D eigenvalue weighted by molar-refractivity contribution is 5.90. The molecule has 4 rings (SSSR count). The SMILES string of the molecule is [C-]#[N+]C(CO)C1CCN(c2ccc(N3C[C@H](Cn4cc(C(=O)OC)nn4)OC3=O)cc2F)CC1. The summed E-state index contributed by atoms with van der Waals surface area (Å²) in [5.74, 6) is -0.961. The van der Waals surface area contributed by atoms with Gasteiger partial charge in [0.05, 0.1) is 37.8 Å². The van der Waals surface area contributed by atoms with Crippen LogP contribution in [-0.2, 0) is 16.0 Å². The summed E-state index contributed by atoms with van der Waals surface area (Å²) in [5.41, 5.74) is 0.866. The number of hydrogen-bond donors (Lipinski definition) is 1. The van der Waals surface area contributed by atoms with Crippen LogP contribution < -0.4 is 9.80 Å². The third-order valence-corrected chi connectivity index (χ3v) is 6.22. The summed E-state index contributed by atoms with van der Waals surface area (Å²) in [6.07, 6.45) is 1.66. The fraction of sp³-hybridized carbons (Fsp3) is 0.500. The van der Waals surface area contributed by atoms with Crippen LogP contribution in [0, 0.1) is 18.3 Å². The number of aliphatic hydroxyl groups is 1. The Labute approximate surface area is 195 Å². The Morgan fingerprint density at radius 1 is 1.41 bits per heavy atom. The van der Waals surface area contributed by atoms with E-state index in [0.29, 0.717) is 37.3 Å². The molecule has 180 valence electrons. The number of esters is 1. The summed E-state index contributed by atoms with van der Waals surface area (Å²) in [5, 5.41) is 16.9. The number of ether oxygens (including phenoxy) is 2. The van der Waals surface area contributed by atoms with E-state index in [0.717, 1.165) is 0 Å². The van der Waals surface area contributed by atoms with Crippen molar-refractivity contribution in [2.75, 3.05) is 43.2 Å². The summed E-state index contributed by atoms with van der Waals surface area (Å²) in [6, 6.07) is 4.22. The number of rotatable bonds is 7. The topological polar surface area (TPSA) is 114 Å². The molecule has 2 aliphatic heterocycles. The Morgan fingerprint density at radius 2 is 2.18 bits per heavy atom. The van der Waals surface area contributed by atoms with Gasteiger partial charge in [-0.25, -0.2) is 25.2 Å². The molecule has 0 radical (unpaired) electrons. The van der Waals surface area contributed by atoms with Crippen molar-refractivity contribution in [1.82, 2.24) is 15.0 Å². The lowest BCUT2D eigenvalue weighted by molar-refractivity contribution is 0.0593. The maximum atomic E-state index is 15.0. The first-order chi connectivity index (χ1) is 16.4. The van der Waals surface area contributed by atoms with Gasteiger partial charge in [0.2, 0.25) is 6.04 Å². The molecule has 1 unspecified atom stereocenters. The first-order valence-electron chi connectivity index (χ1n) is 10.9. The highest BCUT2D eigenvalue weighted by Crippen LogP contribution is 2.31. The van der Waals surface area contributed by atoms with Gasteiger partial charge in [-0.05, 0) is 31.0 Å². The van der Waals surface area contributed by atoms with Crippen LogP contribution in [0.5, 0.6) is 0 Å². The summed E-state index contributed by atoms with van der Waals surface area (Å²) in [6.45, 7) is 8.58. The Bertz CT molecular complexity index is 1090. The minimum absolute atomic E-state index is 0.0475. The number of cyclic esters (lactones) is 1. The molecule has 0 bridgehead atoms. The largest absolute Gasteiger partial charge is 0.464 e. The van der Waals surface area contributed by atoms with E-state index in [1.54, 1.807) is 12.1 Å². The zero-order valence-electron chi connectivity index (χ0n) is 18.6. The van der Waals surface area contributed by atoms with E-state index in [9.17, 15) is 19.1 Å². The zero-order chi connectivity index (χ0) is 24.2. The fourth-order valence-corrected chi connectivity index (χ4v) is 4.36. The van der Waals surface area contributed by atoms with Crippen molar-refractivity contribution in [2.45, 2.75) is 31.5 Å². The Hall–Kier alpha value is -3.72. The molecule has 0 aliphatic carbocycles. The Balaban J connectivity index is 1.38. The monoisotopic (exact) mass is 472 g/mol. The van der Waals surface area contributed by atoms with Crippen molar-refractivity contribution in [1.29, 1.82) is 0 Å². The van der Waals surface area contributed by atoms with Crippen LogP contribution in [0.3, 0.4) is 0 Å². The van der Waals surface area contributed by atoms with Gasteiger partial charge < -0.3 is 24.3 Å². The van der Waals surface area contributed by atoms with E-state index in [2.05, 4.69) is 19.9 Å². The number of methoxy groups -OCH3 is 1. The number of hydrogen-bond acceptors (Lipinski definition) is 8. The molecule has 1 amide bonds. The van der Waals surface area contributed by atoms with Gasteiger partial charge in [-0.15, -0.1) is 5.10 Å². The van der Waals surface area contributed by atoms with Gasteiger partial charge in [-0.3, -0.25) is 4.90 Å². The number of aromatic nitrogens is 3. The molecule has 1 aromatic heterocycles. The number of aliphatic hydroxyl groups excluding tert-OH is 1. The van der Waals surface area contributed by atoms with E-state index >= 15 is 0 Å². The number of carbonyl (C=O) groups is 2. The summed E-state index contributed by atoms with van der Waals surface area (Å²) < 4.78 is 26.3. The average Bonchev–Trinajstić information content (AvgIpc) is 3.46. The maximum Gasteiger partial charge on any atom is 0.414 e. The van der Waals surface area contributed by atoms with E-state index < -0.39 is 30.0 Å². The molecule has 3 heterocycles. The molecular formula is C22H25FN6O5. The molecule has 1 aromatic carbocycles. The number of nitrogens with zero attached hydrogens (tertiary/aromatic N) is 6. The first-order valence-corrected chi connectivity index (χ1v) is 10.9. The highest BCUT2D eigenvalue weighted by atomic mass is 19.1. The second kappa shape index (κ2) is 10.0. The number of piperidine rings is 1. The average molecular weight is 472 g/mol. The lowest BCUT2D eigenvalue weighted by atomic mass is 9.90. The Morgan fingerprint density at radius 3 is 2.82 bits per heavy atom. The standard InChI is InChI=1S/C22H25FN6O5/c1-24-19(13-30)14-5-7-27(8-6-14)20-4-3-15(9-17(20)23)29-11-16(34-22(29)32)10-28-12-18(25-26-28)21(31)33-2/h3-4,9,12,14,16,19,30H,5-8,10-11,13H2,2H3/t16-,19?/m0/s1. The van der Waals surface area contributed by atoms with Crippen molar-refractivity contribution in [2.24, 2.45) is 5.92 Å². The van der Waals surface area contributed by atoms with Crippen LogP contribution in [0.2, 0.25) is 0 Å². The highest BCUT2D eigenvalue weighted by Gasteiger charge is 2.34. The summed E-state index contributed by atoms with van der Waals surface area (Å²) >= 11 is 0. The fourth-order valence-electron chi connectivity index (χ4n) is 4.36. The molecule has 1 N–H and O–H groups in total. The third-order valence-electron chi connectivity index (χ3n) is 6.22. The molecular weight excluding hydrogens is 447 g/mol. The van der Waals surface area contributed by atoms with Crippen molar-refractivity contribution >= 4 is 23.4 Å². The number of benzene rings is 1. The molecule has 2 aromatic rings. The van der Waals surface area contributed by atoms with Crippen molar-refractivity contribution < 1.29 is 28.6 Å². The molecule has 34 heavy (non-hydrogen) atoms. The van der Waals surface area contributed by atoms with Gasteiger partial charge in [0, 0.05) is 19.0 Å². The van der Waals surface area contributed by atoms with E-state index in [1.807, 2.05) is 4.90 Å². The summed E-state index contributed by atoms with van der Waals surface area (Å²) in [4.78, 5) is 30.7. The maximum absolute atomic E-state index is 15.0. The van der Waals surface area contributed by atoms with Crippen LogP contribution in [0.25, 0.3) is 4.85 Å². The number of amides is 1. The van der Waals surface area contributed by atoms with Gasteiger partial charge in [-0.2, -0.15) is 0 Å². The molecule has 12 heteroatoms. The zero-order valence-corrected chi connectivity index (χ0v) is 18.6. The third kappa shape index (κ3) is 4.79. The molecule has 2 saturated heterocycles. The molecule has 0 spiro atoms. The predicted molar refractivity (Wildman–Crippen MR) is 118 cm³/mol. The number of halogens is 1. The van der Waals surface area contributed by atoms with Gasteiger partial charge >= 0.3 is 12.1 Å². The van der Waals surface area contributed by atoms with E-state index in [1.165, 1.54) is 29.0 Å². The van der Waals surface area contributed by atoms with Crippen molar-refractivity contribution in [3.63, 3.8) is 0 Å². The number of carbonyl (C=O) groups excluding carboxylic acids is 2. The van der Waals surface area contributed by atoms with E-state index in [-0.39, 0.29) is 31.3 Å². The predicted octanol–water partition coefficient (Wildman–Crippen LogP) is 1.73. The molecule has 2 fully saturated rings. The minimum atomic E-state index is -0.615. The number of anilines is 2.